The highest BCUT2D eigenvalue weighted by Gasteiger charge is 2.12. The van der Waals surface area contributed by atoms with Crippen molar-refractivity contribution in [2.45, 2.75) is 0 Å². The molecular weight excluding hydrogens is 364 g/mol. The molecule has 112 valence electrons. The zero-order valence-corrected chi connectivity index (χ0v) is 14.4. The molecule has 0 aliphatic heterocycles. The van der Waals surface area contributed by atoms with Crippen LogP contribution in [-0.2, 0) is 0 Å². The van der Waals surface area contributed by atoms with Crippen molar-refractivity contribution in [2.24, 2.45) is 0 Å². The molecule has 22 heavy (non-hydrogen) atoms. The number of methoxy groups -OCH3 is 2. The molecule has 0 atom stereocenters. The first-order valence-corrected chi connectivity index (χ1v) is 8.17. The molecule has 2 aromatic heterocycles. The Labute approximate surface area is 140 Å². The van der Waals surface area contributed by atoms with Crippen molar-refractivity contribution in [1.82, 2.24) is 9.97 Å². The average Bonchev–Trinajstić information content (AvgIpc) is 3.04. The first-order chi connectivity index (χ1) is 10.7. The SMILES string of the molecule is COc1ccc(OC)c(-c2csc(-c3cncc(Br)c3)n2)c1. The van der Waals surface area contributed by atoms with Gasteiger partial charge >= 0.3 is 0 Å². The maximum Gasteiger partial charge on any atom is 0.128 e. The lowest BCUT2D eigenvalue weighted by Crippen LogP contribution is -1.90. The minimum absolute atomic E-state index is 0.769. The normalized spacial score (nSPS) is 10.5. The Morgan fingerprint density at radius 3 is 2.68 bits per heavy atom. The first kappa shape index (κ1) is 15.0. The third-order valence-electron chi connectivity index (χ3n) is 3.14. The molecule has 6 heteroatoms. The monoisotopic (exact) mass is 376 g/mol. The highest BCUT2D eigenvalue weighted by Crippen LogP contribution is 2.36. The summed E-state index contributed by atoms with van der Waals surface area (Å²) in [6, 6.07) is 7.68. The first-order valence-electron chi connectivity index (χ1n) is 6.50. The lowest BCUT2D eigenvalue weighted by atomic mass is 10.1. The van der Waals surface area contributed by atoms with Crippen molar-refractivity contribution in [3.63, 3.8) is 0 Å². The van der Waals surface area contributed by atoms with Crippen LogP contribution < -0.4 is 9.47 Å². The molecule has 4 nitrogen and oxygen atoms in total. The fourth-order valence-corrected chi connectivity index (χ4v) is 3.24. The lowest BCUT2D eigenvalue weighted by Gasteiger charge is -2.08. The third-order valence-corrected chi connectivity index (χ3v) is 4.46. The molecule has 3 aromatic rings. The molecule has 0 radical (unpaired) electrons. The molecule has 0 spiro atoms. The van der Waals surface area contributed by atoms with Gasteiger partial charge in [-0.2, -0.15) is 0 Å². The van der Waals surface area contributed by atoms with Crippen molar-refractivity contribution in [1.29, 1.82) is 0 Å². The van der Waals surface area contributed by atoms with Gasteiger partial charge in [0, 0.05) is 33.4 Å². The molecule has 0 unspecified atom stereocenters. The second kappa shape index (κ2) is 6.46. The number of nitrogens with zero attached hydrogens (tertiary/aromatic N) is 2. The summed E-state index contributed by atoms with van der Waals surface area (Å²) in [6.45, 7) is 0. The maximum atomic E-state index is 5.42. The number of thiazole rings is 1. The fourth-order valence-electron chi connectivity index (χ4n) is 2.07. The second-order valence-corrected chi connectivity index (χ2v) is 6.27. The topological polar surface area (TPSA) is 44.2 Å². The molecule has 0 amide bonds. The van der Waals surface area contributed by atoms with Crippen LogP contribution in [0.3, 0.4) is 0 Å². The highest BCUT2D eigenvalue weighted by atomic mass is 79.9. The molecule has 0 saturated carbocycles. The van der Waals surface area contributed by atoms with Gasteiger partial charge in [-0.3, -0.25) is 4.98 Å². The number of ether oxygens (including phenoxy) is 2. The summed E-state index contributed by atoms with van der Waals surface area (Å²) < 4.78 is 11.6. The lowest BCUT2D eigenvalue weighted by molar-refractivity contribution is 0.404. The zero-order chi connectivity index (χ0) is 15.5. The van der Waals surface area contributed by atoms with E-state index >= 15 is 0 Å². The molecule has 0 N–H and O–H groups in total. The molecule has 0 saturated heterocycles. The van der Waals surface area contributed by atoms with Crippen molar-refractivity contribution in [3.8, 4) is 33.3 Å². The van der Waals surface area contributed by atoms with Crippen LogP contribution in [0.5, 0.6) is 11.5 Å². The van der Waals surface area contributed by atoms with E-state index in [4.69, 9.17) is 14.5 Å². The van der Waals surface area contributed by atoms with Gasteiger partial charge < -0.3 is 9.47 Å². The Bertz CT molecular complexity index is 804. The second-order valence-electron chi connectivity index (χ2n) is 4.50. The van der Waals surface area contributed by atoms with Crippen LogP contribution in [0.25, 0.3) is 21.8 Å². The van der Waals surface area contributed by atoms with Crippen LogP contribution >= 0.6 is 27.3 Å². The van der Waals surface area contributed by atoms with E-state index in [1.165, 1.54) is 0 Å². The predicted molar refractivity (Wildman–Crippen MR) is 91.6 cm³/mol. The van der Waals surface area contributed by atoms with Gasteiger partial charge in [-0.05, 0) is 40.2 Å². The Hall–Kier alpha value is -1.92. The van der Waals surface area contributed by atoms with Gasteiger partial charge in [-0.25, -0.2) is 4.98 Å². The van der Waals surface area contributed by atoms with Gasteiger partial charge in [0.2, 0.25) is 0 Å². The molecule has 0 fully saturated rings. The maximum absolute atomic E-state index is 5.42. The molecule has 0 bridgehead atoms. The van der Waals surface area contributed by atoms with Gasteiger partial charge in [-0.1, -0.05) is 0 Å². The molecule has 0 aliphatic carbocycles. The summed E-state index contributed by atoms with van der Waals surface area (Å²) in [7, 11) is 3.29. The van der Waals surface area contributed by atoms with Crippen molar-refractivity contribution < 1.29 is 9.47 Å². The van der Waals surface area contributed by atoms with E-state index in [1.807, 2.05) is 29.6 Å². The largest absolute Gasteiger partial charge is 0.497 e. The molecule has 0 aliphatic rings. The molecular formula is C16H13BrN2O2S. The number of benzene rings is 1. The standard InChI is InChI=1S/C16H13BrN2O2S/c1-20-12-3-4-15(21-2)13(6-12)14-9-22-16(19-14)10-5-11(17)8-18-7-10/h3-9H,1-2H3. The molecule has 2 heterocycles. The predicted octanol–water partition coefficient (Wildman–Crippen LogP) is 4.65. The smallest absolute Gasteiger partial charge is 0.128 e. The highest BCUT2D eigenvalue weighted by molar-refractivity contribution is 9.10. The van der Waals surface area contributed by atoms with Crippen molar-refractivity contribution in [3.05, 3.63) is 46.5 Å². The quantitative estimate of drug-likeness (QED) is 0.664. The van der Waals surface area contributed by atoms with Crippen LogP contribution in [0.2, 0.25) is 0 Å². The van der Waals surface area contributed by atoms with Gasteiger partial charge in [0.15, 0.2) is 0 Å². The minimum atomic E-state index is 0.769. The number of aromatic nitrogens is 2. The number of pyridine rings is 1. The van der Waals surface area contributed by atoms with Crippen LogP contribution in [0, 0.1) is 0 Å². The fraction of sp³-hybridized carbons (Fsp3) is 0.125. The van der Waals surface area contributed by atoms with E-state index in [9.17, 15) is 0 Å². The molecule has 3 rings (SSSR count). The van der Waals surface area contributed by atoms with Gasteiger partial charge in [0.25, 0.3) is 0 Å². The molecule has 1 aromatic carbocycles. The minimum Gasteiger partial charge on any atom is -0.497 e. The van der Waals surface area contributed by atoms with E-state index < -0.39 is 0 Å². The van der Waals surface area contributed by atoms with Crippen molar-refractivity contribution >= 4 is 27.3 Å². The summed E-state index contributed by atoms with van der Waals surface area (Å²) in [5.41, 5.74) is 2.75. The van der Waals surface area contributed by atoms with Crippen LogP contribution in [0.15, 0.2) is 46.5 Å². The van der Waals surface area contributed by atoms with Crippen LogP contribution in [0.4, 0.5) is 0 Å². The number of rotatable bonds is 4. The van der Waals surface area contributed by atoms with Crippen LogP contribution in [-0.4, -0.2) is 24.2 Å². The van der Waals surface area contributed by atoms with E-state index in [2.05, 4.69) is 20.9 Å². The van der Waals surface area contributed by atoms with E-state index in [0.717, 1.165) is 37.8 Å². The Kier molecular flexibility index (Phi) is 4.40. The summed E-state index contributed by atoms with van der Waals surface area (Å²) in [5, 5.41) is 2.92. The summed E-state index contributed by atoms with van der Waals surface area (Å²) >= 11 is 5.00. The van der Waals surface area contributed by atoms with E-state index in [1.54, 1.807) is 38.0 Å². The third kappa shape index (κ3) is 2.98. The van der Waals surface area contributed by atoms with Crippen molar-refractivity contribution in [2.75, 3.05) is 14.2 Å². The van der Waals surface area contributed by atoms with Gasteiger partial charge in [0.05, 0.1) is 19.9 Å². The van der Waals surface area contributed by atoms with E-state index in [0.29, 0.717) is 0 Å². The number of halogens is 1. The summed E-state index contributed by atoms with van der Waals surface area (Å²) in [4.78, 5) is 8.88. The zero-order valence-electron chi connectivity index (χ0n) is 12.0. The Morgan fingerprint density at radius 2 is 1.95 bits per heavy atom. The van der Waals surface area contributed by atoms with Crippen LogP contribution in [0.1, 0.15) is 0 Å². The van der Waals surface area contributed by atoms with Gasteiger partial charge in [0.1, 0.15) is 16.5 Å². The number of hydrogen-bond donors (Lipinski definition) is 0. The Morgan fingerprint density at radius 1 is 1.09 bits per heavy atom. The summed E-state index contributed by atoms with van der Waals surface area (Å²) in [6.07, 6.45) is 3.55. The van der Waals surface area contributed by atoms with E-state index in [-0.39, 0.29) is 0 Å². The average molecular weight is 377 g/mol. The Balaban J connectivity index is 2.04. The number of hydrogen-bond acceptors (Lipinski definition) is 5. The summed E-state index contributed by atoms with van der Waals surface area (Å²) in [5.74, 6) is 1.54. The van der Waals surface area contributed by atoms with Gasteiger partial charge in [-0.15, -0.1) is 11.3 Å².